The molecule has 0 saturated carbocycles. The highest BCUT2D eigenvalue weighted by Gasteiger charge is 2.14. The van der Waals surface area contributed by atoms with Crippen molar-refractivity contribution in [2.45, 2.75) is 20.1 Å². The summed E-state index contributed by atoms with van der Waals surface area (Å²) < 4.78 is 19.5. The number of hydrogen-bond donors (Lipinski definition) is 2. The largest absolute Gasteiger partial charge is 0.370 e. The molecule has 0 fully saturated rings. The van der Waals surface area contributed by atoms with Crippen molar-refractivity contribution in [2.24, 2.45) is 0 Å². The number of aryl methyl sites for hydroxylation is 1. The quantitative estimate of drug-likeness (QED) is 0.171. The van der Waals surface area contributed by atoms with Crippen LogP contribution in [0.4, 0.5) is 5.95 Å². The summed E-state index contributed by atoms with van der Waals surface area (Å²) in [5, 5.41) is 0.619. The maximum Gasteiger partial charge on any atom is 0.280 e. The number of thioether (sulfide) groups is 1. The van der Waals surface area contributed by atoms with Crippen LogP contribution >= 0.6 is 31.7 Å². The van der Waals surface area contributed by atoms with E-state index in [4.69, 9.17) is 31.1 Å². The fourth-order valence-electron chi connectivity index (χ4n) is 3.37. The molecule has 10 nitrogen and oxygen atoms in total. The van der Waals surface area contributed by atoms with Crippen molar-refractivity contribution >= 4 is 54.0 Å². The number of rotatable bonds is 13. The van der Waals surface area contributed by atoms with Crippen molar-refractivity contribution in [1.29, 1.82) is 0 Å². The Balaban J connectivity index is 1.28. The SMILES string of the molecule is Cc1ccc(C(=O)SCCOP(COCCn2cnc3c(=O)[nH]c(N)nc32)OCc2cccc(Cl)c2)cc1. The van der Waals surface area contributed by atoms with E-state index in [-0.39, 0.29) is 22.9 Å². The van der Waals surface area contributed by atoms with Crippen molar-refractivity contribution in [3.05, 3.63) is 86.9 Å². The van der Waals surface area contributed by atoms with Gasteiger partial charge in [-0.15, -0.1) is 0 Å². The fraction of sp³-hybridized carbons (Fsp3) is 0.280. The van der Waals surface area contributed by atoms with Crippen LogP contribution < -0.4 is 11.3 Å². The molecule has 200 valence electrons. The summed E-state index contributed by atoms with van der Waals surface area (Å²) in [6, 6.07) is 14.9. The molecule has 0 amide bonds. The van der Waals surface area contributed by atoms with Gasteiger partial charge in [-0.05, 0) is 24.6 Å². The molecule has 0 aliphatic heterocycles. The van der Waals surface area contributed by atoms with Crippen molar-refractivity contribution in [1.82, 2.24) is 19.5 Å². The molecule has 2 heterocycles. The van der Waals surface area contributed by atoms with E-state index >= 15 is 0 Å². The second-order valence-corrected chi connectivity index (χ2v) is 11.1. The number of nitrogens with one attached hydrogen (secondary N) is 1. The highest BCUT2D eigenvalue weighted by molar-refractivity contribution is 8.14. The number of halogens is 1. The Bertz CT molecular complexity index is 1430. The Labute approximate surface area is 229 Å². The van der Waals surface area contributed by atoms with Gasteiger partial charge in [0.2, 0.25) is 11.1 Å². The minimum atomic E-state index is -1.40. The van der Waals surface area contributed by atoms with Gasteiger partial charge in [0.1, 0.15) is 6.35 Å². The Kier molecular flexibility index (Phi) is 10.3. The molecule has 2 aromatic heterocycles. The summed E-state index contributed by atoms with van der Waals surface area (Å²) >= 11 is 7.28. The van der Waals surface area contributed by atoms with E-state index in [9.17, 15) is 9.59 Å². The molecule has 0 spiro atoms. The Hall–Kier alpha value is -2.79. The zero-order chi connectivity index (χ0) is 26.9. The number of ether oxygens (including phenoxy) is 1. The van der Waals surface area contributed by atoms with E-state index < -0.39 is 13.9 Å². The fourth-order valence-corrected chi connectivity index (χ4v) is 5.45. The van der Waals surface area contributed by atoms with Crippen LogP contribution in [0.5, 0.6) is 0 Å². The first-order valence-corrected chi connectivity index (χ1v) is 14.4. The predicted molar refractivity (Wildman–Crippen MR) is 150 cm³/mol. The number of fused-ring (bicyclic) bond motifs is 1. The normalized spacial score (nSPS) is 12.2. The number of carbonyl (C=O) groups excluding carboxylic acids is 1. The maximum absolute atomic E-state index is 12.4. The van der Waals surface area contributed by atoms with Crippen LogP contribution in [0.2, 0.25) is 5.02 Å². The number of benzene rings is 2. The van der Waals surface area contributed by atoms with Gasteiger partial charge in [-0.25, -0.2) is 4.98 Å². The number of carbonyl (C=O) groups is 1. The molecule has 0 aliphatic rings. The average Bonchev–Trinajstić information content (AvgIpc) is 3.30. The molecule has 0 bridgehead atoms. The molecule has 4 aromatic rings. The lowest BCUT2D eigenvalue weighted by Crippen LogP contribution is -2.13. The molecule has 1 unspecified atom stereocenters. The number of hydrogen-bond acceptors (Lipinski definition) is 9. The van der Waals surface area contributed by atoms with Gasteiger partial charge in [0.05, 0.1) is 26.1 Å². The molecule has 13 heteroatoms. The Morgan fingerprint density at radius 3 is 2.79 bits per heavy atom. The first-order chi connectivity index (χ1) is 18.4. The number of nitrogens with two attached hydrogens (primary N) is 1. The van der Waals surface area contributed by atoms with Gasteiger partial charge in [-0.2, -0.15) is 4.98 Å². The third-order valence-corrected chi connectivity index (χ3v) is 7.65. The lowest BCUT2D eigenvalue weighted by molar-refractivity contribution is 0.108. The third-order valence-electron chi connectivity index (χ3n) is 5.27. The first-order valence-electron chi connectivity index (χ1n) is 11.7. The van der Waals surface area contributed by atoms with Crippen molar-refractivity contribution < 1.29 is 18.6 Å². The van der Waals surface area contributed by atoms with E-state index in [1.54, 1.807) is 10.6 Å². The van der Waals surface area contributed by atoms with Crippen LogP contribution in [-0.4, -0.2) is 49.9 Å². The summed E-state index contributed by atoms with van der Waals surface area (Å²) in [6.45, 7) is 3.33. The molecule has 0 radical (unpaired) electrons. The van der Waals surface area contributed by atoms with Crippen LogP contribution in [0.3, 0.4) is 0 Å². The molecule has 0 aliphatic carbocycles. The molecular formula is C25H27ClN5O5PS. The number of nitrogens with zero attached hydrogens (tertiary/aromatic N) is 3. The minimum absolute atomic E-state index is 0.00494. The average molecular weight is 576 g/mol. The van der Waals surface area contributed by atoms with Gasteiger partial charge in [0.25, 0.3) is 5.56 Å². The highest BCUT2D eigenvalue weighted by Crippen LogP contribution is 2.39. The Morgan fingerprint density at radius 2 is 2.00 bits per heavy atom. The smallest absolute Gasteiger partial charge is 0.280 e. The van der Waals surface area contributed by atoms with Crippen LogP contribution in [0.15, 0.2) is 59.7 Å². The first kappa shape index (κ1) is 28.2. The summed E-state index contributed by atoms with van der Waals surface area (Å²) in [6.07, 6.45) is 1.74. The van der Waals surface area contributed by atoms with Gasteiger partial charge < -0.3 is 24.1 Å². The van der Waals surface area contributed by atoms with Gasteiger partial charge in [-0.3, -0.25) is 14.6 Å². The van der Waals surface area contributed by atoms with E-state index in [0.29, 0.717) is 48.4 Å². The van der Waals surface area contributed by atoms with Gasteiger partial charge in [0, 0.05) is 22.9 Å². The Morgan fingerprint density at radius 1 is 1.18 bits per heavy atom. The van der Waals surface area contributed by atoms with Crippen molar-refractivity contribution in [3.63, 3.8) is 0 Å². The summed E-state index contributed by atoms with van der Waals surface area (Å²) in [4.78, 5) is 35.0. The maximum atomic E-state index is 12.4. The van der Waals surface area contributed by atoms with E-state index in [1.807, 2.05) is 49.4 Å². The van der Waals surface area contributed by atoms with Crippen LogP contribution in [0, 0.1) is 6.92 Å². The number of anilines is 1. The van der Waals surface area contributed by atoms with Crippen molar-refractivity contribution in [3.8, 4) is 0 Å². The topological polar surface area (TPSA) is 134 Å². The second kappa shape index (κ2) is 13.8. The van der Waals surface area contributed by atoms with Gasteiger partial charge in [-0.1, -0.05) is 65.3 Å². The van der Waals surface area contributed by atoms with Crippen LogP contribution in [-0.2, 0) is 26.9 Å². The molecule has 0 saturated heterocycles. The zero-order valence-corrected chi connectivity index (χ0v) is 23.1. The summed E-state index contributed by atoms with van der Waals surface area (Å²) in [7, 11) is -1.40. The molecule has 4 rings (SSSR count). The molecule has 2 aromatic carbocycles. The number of nitrogen functional groups attached to an aromatic ring is 1. The number of imidazole rings is 1. The highest BCUT2D eigenvalue weighted by atomic mass is 35.5. The predicted octanol–water partition coefficient (Wildman–Crippen LogP) is 4.76. The summed E-state index contributed by atoms with van der Waals surface area (Å²) in [5.74, 6) is 0.504. The van der Waals surface area contributed by atoms with E-state index in [0.717, 1.165) is 11.1 Å². The number of aromatic amines is 1. The monoisotopic (exact) mass is 575 g/mol. The lowest BCUT2D eigenvalue weighted by atomic mass is 10.2. The number of H-pyrrole nitrogens is 1. The molecule has 1 atom stereocenters. The third kappa shape index (κ3) is 8.10. The van der Waals surface area contributed by atoms with Crippen molar-refractivity contribution in [2.75, 3.05) is 31.0 Å². The zero-order valence-electron chi connectivity index (χ0n) is 20.6. The summed E-state index contributed by atoms with van der Waals surface area (Å²) in [5.41, 5.74) is 8.54. The molecule has 38 heavy (non-hydrogen) atoms. The van der Waals surface area contributed by atoms with Crippen LogP contribution in [0.25, 0.3) is 11.2 Å². The van der Waals surface area contributed by atoms with Crippen LogP contribution in [0.1, 0.15) is 21.5 Å². The van der Waals surface area contributed by atoms with E-state index in [2.05, 4.69) is 15.0 Å². The number of aromatic nitrogens is 4. The molecule has 3 N–H and O–H groups in total. The molecular weight excluding hydrogens is 549 g/mol. The van der Waals surface area contributed by atoms with Gasteiger partial charge >= 0.3 is 0 Å². The minimum Gasteiger partial charge on any atom is -0.370 e. The second-order valence-electron chi connectivity index (χ2n) is 8.17. The van der Waals surface area contributed by atoms with Gasteiger partial charge in [0.15, 0.2) is 19.5 Å². The lowest BCUT2D eigenvalue weighted by Gasteiger charge is -2.18. The standard InChI is InChI=1S/C25H27ClN5O5PS/c1-17-5-7-19(8-6-17)24(33)38-12-11-35-37(36-14-18-3-2-4-20(26)13-18)16-34-10-9-31-15-28-21-22(31)29-25(27)30-23(21)32/h2-8,13,15H,9-12,14,16H2,1H3,(H3,27,29,30,32). The van der Waals surface area contributed by atoms with E-state index in [1.165, 1.54) is 18.1 Å².